The lowest BCUT2D eigenvalue weighted by atomic mass is 10.2. The van der Waals surface area contributed by atoms with Gasteiger partial charge in [0.25, 0.3) is 11.6 Å². The van der Waals surface area contributed by atoms with Crippen molar-refractivity contribution in [1.82, 2.24) is 0 Å². The predicted molar refractivity (Wildman–Crippen MR) is 103 cm³/mol. The molecule has 0 aliphatic heterocycles. The number of esters is 1. The smallest absolute Gasteiger partial charge is 0.339 e. The van der Waals surface area contributed by atoms with E-state index in [1.54, 1.807) is 0 Å². The number of hydrogen-bond acceptors (Lipinski definition) is 8. The van der Waals surface area contributed by atoms with Crippen LogP contribution in [0.4, 0.5) is 11.4 Å². The number of anilines is 1. The third-order valence-electron chi connectivity index (χ3n) is 3.91. The van der Waals surface area contributed by atoms with Crippen molar-refractivity contribution in [2.75, 3.05) is 26.6 Å². The first kappa shape index (κ1) is 21.5. The van der Waals surface area contributed by atoms with Crippen molar-refractivity contribution >= 4 is 23.3 Å². The molecule has 0 saturated heterocycles. The van der Waals surface area contributed by atoms with Crippen LogP contribution in [-0.4, -0.2) is 44.2 Å². The Morgan fingerprint density at radius 1 is 1.03 bits per heavy atom. The maximum Gasteiger partial charge on any atom is 0.339 e. The molecule has 0 saturated carbocycles. The van der Waals surface area contributed by atoms with Crippen LogP contribution in [0.3, 0.4) is 0 Å². The summed E-state index contributed by atoms with van der Waals surface area (Å²) in [7, 11) is 4.22. The van der Waals surface area contributed by atoms with E-state index in [1.165, 1.54) is 64.7 Å². The third-order valence-corrected chi connectivity index (χ3v) is 3.91. The molecule has 0 aliphatic carbocycles. The molecule has 1 amide bonds. The van der Waals surface area contributed by atoms with Crippen LogP contribution in [0.2, 0.25) is 0 Å². The van der Waals surface area contributed by atoms with Gasteiger partial charge in [0.15, 0.2) is 17.6 Å². The third kappa shape index (κ3) is 4.92. The summed E-state index contributed by atoms with van der Waals surface area (Å²) in [5.74, 6) is -0.741. The van der Waals surface area contributed by atoms with Gasteiger partial charge < -0.3 is 24.3 Å². The van der Waals surface area contributed by atoms with Crippen LogP contribution in [0.5, 0.6) is 17.2 Å². The van der Waals surface area contributed by atoms with Crippen molar-refractivity contribution in [2.24, 2.45) is 0 Å². The molecule has 0 radical (unpaired) electrons. The van der Waals surface area contributed by atoms with Gasteiger partial charge in [0, 0.05) is 6.07 Å². The molecule has 2 aromatic rings. The first-order chi connectivity index (χ1) is 13.8. The fourth-order valence-corrected chi connectivity index (χ4v) is 2.45. The van der Waals surface area contributed by atoms with E-state index in [9.17, 15) is 19.7 Å². The van der Waals surface area contributed by atoms with E-state index in [4.69, 9.17) is 18.9 Å². The van der Waals surface area contributed by atoms with Gasteiger partial charge in [-0.2, -0.15) is 0 Å². The minimum absolute atomic E-state index is 0.00168. The quantitative estimate of drug-likeness (QED) is 0.404. The van der Waals surface area contributed by atoms with Crippen LogP contribution in [0.1, 0.15) is 17.3 Å². The Hall–Kier alpha value is -3.82. The van der Waals surface area contributed by atoms with Crippen LogP contribution in [-0.2, 0) is 9.53 Å². The number of hydrogen-bond donors (Lipinski definition) is 1. The molecule has 0 aromatic heterocycles. The van der Waals surface area contributed by atoms with Crippen LogP contribution >= 0.6 is 0 Å². The summed E-state index contributed by atoms with van der Waals surface area (Å²) in [5, 5.41) is 13.4. The van der Waals surface area contributed by atoms with Gasteiger partial charge in [-0.1, -0.05) is 12.1 Å². The standard InChI is InChI=1S/C19H20N2O8/c1-11(18(22)20-13-7-5-6-8-14(13)21(24)25)29-19(23)12-9-15(26-2)17(28-4)16(10-12)27-3/h5-11H,1-4H3,(H,20,22)/t11-/m1/s1. The number of amides is 1. The van der Waals surface area contributed by atoms with Crippen molar-refractivity contribution in [3.05, 3.63) is 52.1 Å². The lowest BCUT2D eigenvalue weighted by Crippen LogP contribution is -2.30. The topological polar surface area (TPSA) is 126 Å². The van der Waals surface area contributed by atoms with Gasteiger partial charge in [0.2, 0.25) is 5.75 Å². The second-order valence-corrected chi connectivity index (χ2v) is 5.73. The minimum Gasteiger partial charge on any atom is -0.493 e. The molecule has 10 heteroatoms. The lowest BCUT2D eigenvalue weighted by Gasteiger charge is -2.16. The van der Waals surface area contributed by atoms with Crippen molar-refractivity contribution in [2.45, 2.75) is 13.0 Å². The summed E-state index contributed by atoms with van der Waals surface area (Å²) in [6, 6.07) is 8.41. The fourth-order valence-electron chi connectivity index (χ4n) is 2.45. The maximum atomic E-state index is 12.5. The molecule has 0 heterocycles. The highest BCUT2D eigenvalue weighted by Crippen LogP contribution is 2.38. The van der Waals surface area contributed by atoms with Crippen LogP contribution in [0, 0.1) is 10.1 Å². The number of nitro benzene ring substituents is 1. The number of nitrogens with one attached hydrogen (secondary N) is 1. The minimum atomic E-state index is -1.22. The molecule has 10 nitrogen and oxygen atoms in total. The molecule has 2 rings (SSSR count). The Labute approximate surface area is 166 Å². The summed E-state index contributed by atoms with van der Waals surface area (Å²) in [4.78, 5) is 35.2. The zero-order chi connectivity index (χ0) is 21.6. The Morgan fingerprint density at radius 3 is 2.14 bits per heavy atom. The number of benzene rings is 2. The molecule has 154 valence electrons. The summed E-state index contributed by atoms with van der Waals surface area (Å²) in [5.41, 5.74) is -0.202. The fraction of sp³-hybridized carbons (Fsp3) is 0.263. The van der Waals surface area contributed by atoms with Crippen LogP contribution in [0.25, 0.3) is 0 Å². The predicted octanol–water partition coefficient (Wildman–Crippen LogP) is 2.80. The molecule has 0 fully saturated rings. The number of carbonyl (C=O) groups excluding carboxylic acids is 2. The number of ether oxygens (including phenoxy) is 4. The highest BCUT2D eigenvalue weighted by atomic mass is 16.6. The summed E-state index contributed by atoms with van der Waals surface area (Å²) < 4.78 is 20.7. The van der Waals surface area contributed by atoms with Gasteiger partial charge in [-0.25, -0.2) is 4.79 Å². The number of rotatable bonds is 8. The number of methoxy groups -OCH3 is 3. The zero-order valence-corrected chi connectivity index (χ0v) is 16.3. The maximum absolute atomic E-state index is 12.5. The molecule has 0 unspecified atom stereocenters. The molecule has 2 aromatic carbocycles. The monoisotopic (exact) mass is 404 g/mol. The Kier molecular flexibility index (Phi) is 6.96. The summed E-state index contributed by atoms with van der Waals surface area (Å²) >= 11 is 0. The largest absolute Gasteiger partial charge is 0.493 e. The van der Waals surface area contributed by atoms with E-state index < -0.39 is 22.9 Å². The average Bonchev–Trinajstić information content (AvgIpc) is 2.72. The van der Waals surface area contributed by atoms with E-state index in [-0.39, 0.29) is 28.4 Å². The second kappa shape index (κ2) is 9.40. The lowest BCUT2D eigenvalue weighted by molar-refractivity contribution is -0.383. The van der Waals surface area contributed by atoms with Gasteiger partial charge >= 0.3 is 5.97 Å². The molecule has 1 atom stereocenters. The van der Waals surface area contributed by atoms with Gasteiger partial charge in [0.1, 0.15) is 5.69 Å². The van der Waals surface area contributed by atoms with E-state index >= 15 is 0 Å². The molecule has 1 N–H and O–H groups in total. The van der Waals surface area contributed by atoms with Gasteiger partial charge in [-0.15, -0.1) is 0 Å². The van der Waals surface area contributed by atoms with E-state index in [0.717, 1.165) is 0 Å². The molecular formula is C19H20N2O8. The number of nitrogens with zero attached hydrogens (tertiary/aromatic N) is 1. The molecule has 0 spiro atoms. The van der Waals surface area contributed by atoms with Gasteiger partial charge in [-0.3, -0.25) is 14.9 Å². The highest BCUT2D eigenvalue weighted by molar-refractivity contribution is 5.99. The van der Waals surface area contributed by atoms with E-state index in [2.05, 4.69) is 5.32 Å². The molecular weight excluding hydrogens is 384 g/mol. The van der Waals surface area contributed by atoms with Crippen LogP contribution < -0.4 is 19.5 Å². The molecule has 29 heavy (non-hydrogen) atoms. The Balaban J connectivity index is 2.16. The van der Waals surface area contributed by atoms with Gasteiger partial charge in [0.05, 0.1) is 31.8 Å². The SMILES string of the molecule is COc1cc(C(=O)O[C@H](C)C(=O)Nc2ccccc2[N+](=O)[O-])cc(OC)c1OC. The van der Waals surface area contributed by atoms with Crippen molar-refractivity contribution in [3.63, 3.8) is 0 Å². The zero-order valence-electron chi connectivity index (χ0n) is 16.3. The second-order valence-electron chi connectivity index (χ2n) is 5.73. The average molecular weight is 404 g/mol. The van der Waals surface area contributed by atoms with Crippen molar-refractivity contribution in [3.8, 4) is 17.2 Å². The first-order valence-corrected chi connectivity index (χ1v) is 8.37. The Morgan fingerprint density at radius 2 is 1.62 bits per heavy atom. The van der Waals surface area contributed by atoms with Crippen molar-refractivity contribution < 1.29 is 33.5 Å². The number of para-hydroxylation sites is 2. The molecule has 0 bridgehead atoms. The summed E-state index contributed by atoms with van der Waals surface area (Å²) in [6.45, 7) is 1.35. The van der Waals surface area contributed by atoms with E-state index in [0.29, 0.717) is 5.75 Å². The highest BCUT2D eigenvalue weighted by Gasteiger charge is 2.24. The Bertz CT molecular complexity index is 903. The normalized spacial score (nSPS) is 11.2. The number of carbonyl (C=O) groups is 2. The van der Waals surface area contributed by atoms with Crippen LogP contribution in [0.15, 0.2) is 36.4 Å². The van der Waals surface area contributed by atoms with E-state index in [1.807, 2.05) is 0 Å². The summed E-state index contributed by atoms with van der Waals surface area (Å²) in [6.07, 6.45) is -1.22. The number of nitro groups is 1. The first-order valence-electron chi connectivity index (χ1n) is 8.37. The van der Waals surface area contributed by atoms with Gasteiger partial charge in [-0.05, 0) is 25.1 Å². The molecule has 0 aliphatic rings. The van der Waals surface area contributed by atoms with Crippen molar-refractivity contribution in [1.29, 1.82) is 0 Å².